The molecule has 1 saturated heterocycles. The molecule has 1 fully saturated rings. The van der Waals surface area contributed by atoms with Crippen LogP contribution in [0.5, 0.6) is 0 Å². The fraction of sp³-hybridized carbons (Fsp3) is 0.400. The molecular weight excluding hydrogens is 276 g/mol. The summed E-state index contributed by atoms with van der Waals surface area (Å²) in [5.74, 6) is 1.19. The van der Waals surface area contributed by atoms with Crippen molar-refractivity contribution in [1.82, 2.24) is 9.88 Å². The molecule has 3 rings (SSSR count). The average Bonchev–Trinajstić information content (AvgIpc) is 3.09. The van der Waals surface area contributed by atoms with Crippen molar-refractivity contribution >= 4 is 22.9 Å². The van der Waals surface area contributed by atoms with Crippen molar-refractivity contribution in [2.75, 3.05) is 13.1 Å². The number of rotatable bonds is 4. The van der Waals surface area contributed by atoms with E-state index >= 15 is 0 Å². The molecule has 0 amide bonds. The van der Waals surface area contributed by atoms with Crippen molar-refractivity contribution in [3.8, 4) is 0 Å². The molecule has 2 nitrogen and oxygen atoms in total. The number of benzene rings is 1. The Bertz CT molecular complexity index is 526. The predicted octanol–water partition coefficient (Wildman–Crippen LogP) is 3.87. The largest absolute Gasteiger partial charge is 0.296 e. The van der Waals surface area contributed by atoms with Gasteiger partial charge >= 0.3 is 0 Å². The summed E-state index contributed by atoms with van der Waals surface area (Å²) in [5.41, 5.74) is 2.46. The fourth-order valence-corrected chi connectivity index (χ4v) is 3.71. The molecule has 4 heteroatoms. The SMILES string of the molecule is ClCc1csc(CN2CCC(c3ccccc3)C2)n1. The summed E-state index contributed by atoms with van der Waals surface area (Å²) in [5, 5.41) is 3.25. The van der Waals surface area contributed by atoms with Crippen LogP contribution in [-0.4, -0.2) is 23.0 Å². The van der Waals surface area contributed by atoms with Crippen LogP contribution in [0.2, 0.25) is 0 Å². The van der Waals surface area contributed by atoms with Gasteiger partial charge in [-0.2, -0.15) is 0 Å². The van der Waals surface area contributed by atoms with Crippen LogP contribution in [0.15, 0.2) is 35.7 Å². The number of thiazole rings is 1. The zero-order valence-electron chi connectivity index (χ0n) is 10.8. The summed E-state index contributed by atoms with van der Waals surface area (Å²) in [7, 11) is 0. The van der Waals surface area contributed by atoms with Gasteiger partial charge in [0.15, 0.2) is 0 Å². The highest BCUT2D eigenvalue weighted by Gasteiger charge is 2.24. The first-order chi connectivity index (χ1) is 9.35. The Morgan fingerprint density at radius 3 is 2.89 bits per heavy atom. The lowest BCUT2D eigenvalue weighted by Crippen LogP contribution is -2.19. The Balaban J connectivity index is 1.60. The minimum absolute atomic E-state index is 0.517. The third kappa shape index (κ3) is 3.16. The lowest BCUT2D eigenvalue weighted by atomic mass is 9.99. The van der Waals surface area contributed by atoms with Crippen LogP contribution in [0.1, 0.15) is 28.6 Å². The van der Waals surface area contributed by atoms with Gasteiger partial charge in [-0.05, 0) is 24.4 Å². The minimum atomic E-state index is 0.517. The predicted molar refractivity (Wildman–Crippen MR) is 80.7 cm³/mol. The van der Waals surface area contributed by atoms with E-state index in [2.05, 4.69) is 45.6 Å². The maximum Gasteiger partial charge on any atom is 0.107 e. The molecule has 0 radical (unpaired) electrons. The number of alkyl halides is 1. The summed E-state index contributed by atoms with van der Waals surface area (Å²) in [6.07, 6.45) is 1.25. The third-order valence-electron chi connectivity index (χ3n) is 3.64. The van der Waals surface area contributed by atoms with Crippen LogP contribution in [0.4, 0.5) is 0 Å². The first kappa shape index (κ1) is 13.1. The van der Waals surface area contributed by atoms with Gasteiger partial charge in [-0.1, -0.05) is 30.3 Å². The number of nitrogens with zero attached hydrogens (tertiary/aromatic N) is 2. The van der Waals surface area contributed by atoms with E-state index < -0.39 is 0 Å². The molecule has 0 N–H and O–H groups in total. The number of hydrogen-bond acceptors (Lipinski definition) is 3. The summed E-state index contributed by atoms with van der Waals surface area (Å²) < 4.78 is 0. The second-order valence-corrected chi connectivity index (χ2v) is 6.21. The highest BCUT2D eigenvalue weighted by Crippen LogP contribution is 2.28. The van der Waals surface area contributed by atoms with Gasteiger partial charge in [0.2, 0.25) is 0 Å². The number of halogens is 1. The number of likely N-dealkylation sites (tertiary alicyclic amines) is 1. The smallest absolute Gasteiger partial charge is 0.107 e. The van der Waals surface area contributed by atoms with Gasteiger partial charge in [-0.3, -0.25) is 4.90 Å². The molecule has 19 heavy (non-hydrogen) atoms. The van der Waals surface area contributed by atoms with E-state index in [0.717, 1.165) is 25.3 Å². The first-order valence-electron chi connectivity index (χ1n) is 6.61. The Kier molecular flexibility index (Phi) is 4.16. The molecule has 1 aromatic carbocycles. The molecule has 1 aliphatic rings. The van der Waals surface area contributed by atoms with Gasteiger partial charge in [0.05, 0.1) is 18.1 Å². The lowest BCUT2D eigenvalue weighted by Gasteiger charge is -2.14. The van der Waals surface area contributed by atoms with Gasteiger partial charge < -0.3 is 0 Å². The Labute approximate surface area is 123 Å². The van der Waals surface area contributed by atoms with E-state index in [1.807, 2.05) is 0 Å². The van der Waals surface area contributed by atoms with Crippen molar-refractivity contribution in [3.05, 3.63) is 52.0 Å². The summed E-state index contributed by atoms with van der Waals surface area (Å²) in [6.45, 7) is 3.26. The van der Waals surface area contributed by atoms with Crippen LogP contribution < -0.4 is 0 Å². The van der Waals surface area contributed by atoms with Gasteiger partial charge in [0, 0.05) is 11.9 Å². The van der Waals surface area contributed by atoms with Gasteiger partial charge in [-0.25, -0.2) is 4.98 Å². The lowest BCUT2D eigenvalue weighted by molar-refractivity contribution is 0.326. The maximum atomic E-state index is 5.79. The molecule has 0 aliphatic carbocycles. The number of aromatic nitrogens is 1. The molecule has 1 unspecified atom stereocenters. The third-order valence-corrected chi connectivity index (χ3v) is 4.79. The molecule has 1 aliphatic heterocycles. The van der Waals surface area contributed by atoms with Crippen LogP contribution >= 0.6 is 22.9 Å². The van der Waals surface area contributed by atoms with E-state index in [0.29, 0.717) is 11.8 Å². The molecule has 1 aromatic heterocycles. The van der Waals surface area contributed by atoms with Crippen LogP contribution in [-0.2, 0) is 12.4 Å². The second-order valence-electron chi connectivity index (χ2n) is 5.00. The maximum absolute atomic E-state index is 5.79. The summed E-state index contributed by atoms with van der Waals surface area (Å²) in [6, 6.07) is 10.8. The van der Waals surface area contributed by atoms with E-state index in [-0.39, 0.29) is 0 Å². The van der Waals surface area contributed by atoms with Crippen molar-refractivity contribution < 1.29 is 0 Å². The molecule has 0 spiro atoms. The zero-order chi connectivity index (χ0) is 13.1. The minimum Gasteiger partial charge on any atom is -0.296 e. The summed E-state index contributed by atoms with van der Waals surface area (Å²) in [4.78, 5) is 7.03. The van der Waals surface area contributed by atoms with Crippen LogP contribution in [0, 0.1) is 0 Å². The molecule has 1 atom stereocenters. The van der Waals surface area contributed by atoms with Crippen molar-refractivity contribution in [3.63, 3.8) is 0 Å². The molecular formula is C15H17ClN2S. The second kappa shape index (κ2) is 6.04. The number of hydrogen-bond donors (Lipinski definition) is 0. The molecule has 0 saturated carbocycles. The molecule has 2 heterocycles. The standard InChI is InChI=1S/C15H17ClN2S/c16-8-14-11-19-15(17-14)10-18-7-6-13(9-18)12-4-2-1-3-5-12/h1-5,11,13H,6-10H2. The normalized spacial score (nSPS) is 19.9. The highest BCUT2D eigenvalue weighted by atomic mass is 35.5. The van der Waals surface area contributed by atoms with Crippen LogP contribution in [0.25, 0.3) is 0 Å². The van der Waals surface area contributed by atoms with E-state index in [1.54, 1.807) is 11.3 Å². The molecule has 100 valence electrons. The van der Waals surface area contributed by atoms with Gasteiger partial charge in [-0.15, -0.1) is 22.9 Å². The van der Waals surface area contributed by atoms with Crippen molar-refractivity contribution in [2.45, 2.75) is 24.8 Å². The molecule has 2 aromatic rings. The van der Waals surface area contributed by atoms with Crippen LogP contribution in [0.3, 0.4) is 0 Å². The Hall–Kier alpha value is -0.900. The zero-order valence-corrected chi connectivity index (χ0v) is 12.3. The highest BCUT2D eigenvalue weighted by molar-refractivity contribution is 7.09. The Morgan fingerprint density at radius 2 is 2.16 bits per heavy atom. The van der Waals surface area contributed by atoms with E-state index in [4.69, 9.17) is 11.6 Å². The first-order valence-corrected chi connectivity index (χ1v) is 8.03. The Morgan fingerprint density at radius 1 is 1.32 bits per heavy atom. The quantitative estimate of drug-likeness (QED) is 0.795. The fourth-order valence-electron chi connectivity index (χ4n) is 2.65. The van der Waals surface area contributed by atoms with Crippen molar-refractivity contribution in [1.29, 1.82) is 0 Å². The van der Waals surface area contributed by atoms with E-state index in [1.165, 1.54) is 17.0 Å². The molecule has 0 bridgehead atoms. The topological polar surface area (TPSA) is 16.1 Å². The summed E-state index contributed by atoms with van der Waals surface area (Å²) >= 11 is 7.51. The van der Waals surface area contributed by atoms with Crippen molar-refractivity contribution in [2.24, 2.45) is 0 Å². The van der Waals surface area contributed by atoms with Gasteiger partial charge in [0.1, 0.15) is 5.01 Å². The average molecular weight is 293 g/mol. The van der Waals surface area contributed by atoms with E-state index in [9.17, 15) is 0 Å². The monoisotopic (exact) mass is 292 g/mol. The van der Waals surface area contributed by atoms with Gasteiger partial charge in [0.25, 0.3) is 0 Å².